The largest absolute Gasteiger partial charge is 0.396 e. The quantitative estimate of drug-likeness (QED) is 0.520. The minimum absolute atomic E-state index is 0.0344. The maximum atomic E-state index is 11.6. The van der Waals surface area contributed by atoms with Crippen LogP contribution >= 0.6 is 0 Å². The summed E-state index contributed by atoms with van der Waals surface area (Å²) in [5.41, 5.74) is 0. The number of likely N-dealkylation sites (N-methyl/N-ethyl adjacent to an activating group) is 1. The van der Waals surface area contributed by atoms with Crippen molar-refractivity contribution < 1.29 is 9.90 Å². The van der Waals surface area contributed by atoms with Gasteiger partial charge in [-0.1, -0.05) is 0 Å². The van der Waals surface area contributed by atoms with Crippen LogP contribution in [0.3, 0.4) is 0 Å². The molecule has 3 N–H and O–H groups in total. The molecule has 0 aliphatic carbocycles. The highest BCUT2D eigenvalue weighted by atomic mass is 16.2. The number of piperazine rings is 1. The zero-order valence-electron chi connectivity index (χ0n) is 10.0. The Morgan fingerprint density at radius 1 is 1.50 bits per heavy atom. The van der Waals surface area contributed by atoms with Crippen molar-refractivity contribution >= 4 is 5.91 Å². The van der Waals surface area contributed by atoms with Crippen LogP contribution in [0.1, 0.15) is 19.3 Å². The third kappa shape index (κ3) is 4.08. The first kappa shape index (κ1) is 13.4. The van der Waals surface area contributed by atoms with Crippen molar-refractivity contribution in [1.82, 2.24) is 15.5 Å². The maximum Gasteiger partial charge on any atom is 0.238 e. The molecule has 0 bridgehead atoms. The molecule has 5 nitrogen and oxygen atoms in total. The van der Waals surface area contributed by atoms with E-state index in [1.165, 1.54) is 0 Å². The van der Waals surface area contributed by atoms with Crippen molar-refractivity contribution in [3.63, 3.8) is 0 Å². The number of nitrogens with one attached hydrogen (secondary N) is 2. The van der Waals surface area contributed by atoms with Crippen LogP contribution in [0.2, 0.25) is 0 Å². The van der Waals surface area contributed by atoms with Crippen molar-refractivity contribution in [2.24, 2.45) is 0 Å². The fourth-order valence-corrected chi connectivity index (χ4v) is 2.04. The maximum absolute atomic E-state index is 11.6. The molecule has 1 heterocycles. The van der Waals surface area contributed by atoms with Crippen molar-refractivity contribution in [2.45, 2.75) is 25.3 Å². The van der Waals surface area contributed by atoms with Gasteiger partial charge >= 0.3 is 0 Å². The summed E-state index contributed by atoms with van der Waals surface area (Å²) in [6.45, 7) is 3.82. The van der Waals surface area contributed by atoms with Gasteiger partial charge in [0, 0.05) is 33.3 Å². The number of hydrogen-bond donors (Lipinski definition) is 3. The average molecular weight is 229 g/mol. The molecule has 94 valence electrons. The van der Waals surface area contributed by atoms with Gasteiger partial charge in [0.2, 0.25) is 5.91 Å². The smallest absolute Gasteiger partial charge is 0.238 e. The van der Waals surface area contributed by atoms with E-state index in [1.54, 1.807) is 7.05 Å². The van der Waals surface area contributed by atoms with Gasteiger partial charge in [-0.2, -0.15) is 0 Å². The van der Waals surface area contributed by atoms with Crippen LogP contribution in [0.15, 0.2) is 0 Å². The Balaban J connectivity index is 2.32. The molecule has 1 amide bonds. The molecule has 16 heavy (non-hydrogen) atoms. The molecule has 1 saturated heterocycles. The minimum Gasteiger partial charge on any atom is -0.396 e. The third-order valence-corrected chi connectivity index (χ3v) is 3.01. The van der Waals surface area contributed by atoms with E-state index < -0.39 is 0 Å². The standard InChI is InChI=1S/C11H23N3O2/c1-12-11(16)10-9-13-5-7-14(10)6-3-2-4-8-15/h10,13,15H,2-9H2,1H3,(H,12,16). The highest BCUT2D eigenvalue weighted by molar-refractivity contribution is 5.81. The van der Waals surface area contributed by atoms with Crippen LogP contribution in [0.25, 0.3) is 0 Å². The Kier molecular flexibility index (Phi) is 6.37. The first-order valence-electron chi connectivity index (χ1n) is 6.07. The number of rotatable bonds is 6. The van der Waals surface area contributed by atoms with Crippen LogP contribution in [0, 0.1) is 0 Å². The molecule has 1 atom stereocenters. The van der Waals surface area contributed by atoms with E-state index in [2.05, 4.69) is 15.5 Å². The molecule has 0 saturated carbocycles. The molecule has 0 aromatic heterocycles. The Morgan fingerprint density at radius 3 is 3.00 bits per heavy atom. The summed E-state index contributed by atoms with van der Waals surface area (Å²) < 4.78 is 0. The van der Waals surface area contributed by atoms with E-state index in [1.807, 2.05) is 0 Å². The summed E-state index contributed by atoms with van der Waals surface area (Å²) in [6.07, 6.45) is 2.94. The van der Waals surface area contributed by atoms with Gasteiger partial charge in [-0.3, -0.25) is 9.69 Å². The molecule has 1 unspecified atom stereocenters. The molecule has 1 rings (SSSR count). The molecule has 1 aliphatic rings. The summed E-state index contributed by atoms with van der Waals surface area (Å²) in [6, 6.07) is -0.0344. The van der Waals surface area contributed by atoms with Gasteiger partial charge in [0.1, 0.15) is 6.04 Å². The van der Waals surface area contributed by atoms with E-state index >= 15 is 0 Å². The molecular formula is C11H23N3O2. The molecule has 0 radical (unpaired) electrons. The summed E-state index contributed by atoms with van der Waals surface area (Å²) in [4.78, 5) is 13.9. The fraction of sp³-hybridized carbons (Fsp3) is 0.909. The van der Waals surface area contributed by atoms with Gasteiger partial charge in [0.15, 0.2) is 0 Å². The van der Waals surface area contributed by atoms with Crippen LogP contribution in [0.4, 0.5) is 0 Å². The Hall–Kier alpha value is -0.650. The number of carbonyl (C=O) groups is 1. The Labute approximate surface area is 97.2 Å². The Morgan fingerprint density at radius 2 is 2.31 bits per heavy atom. The number of nitrogens with zero attached hydrogens (tertiary/aromatic N) is 1. The normalized spacial score (nSPS) is 22.0. The predicted octanol–water partition coefficient (Wildman–Crippen LogP) is -0.831. The number of carbonyl (C=O) groups excluding carboxylic acids is 1. The van der Waals surface area contributed by atoms with E-state index in [4.69, 9.17) is 5.11 Å². The Bertz CT molecular complexity index is 211. The number of unbranched alkanes of at least 4 members (excludes halogenated alkanes) is 2. The minimum atomic E-state index is -0.0344. The number of aliphatic hydroxyl groups is 1. The summed E-state index contributed by atoms with van der Waals surface area (Å²) >= 11 is 0. The van der Waals surface area contributed by atoms with Gasteiger partial charge in [-0.25, -0.2) is 0 Å². The van der Waals surface area contributed by atoms with Gasteiger partial charge in [-0.15, -0.1) is 0 Å². The van der Waals surface area contributed by atoms with Crippen LogP contribution in [0.5, 0.6) is 0 Å². The van der Waals surface area contributed by atoms with Gasteiger partial charge in [0.25, 0.3) is 0 Å². The van der Waals surface area contributed by atoms with E-state index in [-0.39, 0.29) is 18.6 Å². The summed E-state index contributed by atoms with van der Waals surface area (Å²) in [5.74, 6) is 0.0920. The number of hydrogen-bond acceptors (Lipinski definition) is 4. The van der Waals surface area contributed by atoms with Crippen LogP contribution < -0.4 is 10.6 Å². The first-order valence-corrected chi connectivity index (χ1v) is 6.07. The fourth-order valence-electron chi connectivity index (χ4n) is 2.04. The lowest BCUT2D eigenvalue weighted by Crippen LogP contribution is -2.57. The van der Waals surface area contributed by atoms with Crippen molar-refractivity contribution in [3.05, 3.63) is 0 Å². The average Bonchev–Trinajstić information content (AvgIpc) is 2.34. The summed E-state index contributed by atoms with van der Waals surface area (Å²) in [7, 11) is 1.68. The van der Waals surface area contributed by atoms with Crippen molar-refractivity contribution in [2.75, 3.05) is 39.8 Å². The predicted molar refractivity (Wildman–Crippen MR) is 63.2 cm³/mol. The SMILES string of the molecule is CNC(=O)C1CNCCN1CCCCCO. The van der Waals surface area contributed by atoms with Gasteiger partial charge in [0.05, 0.1) is 0 Å². The lowest BCUT2D eigenvalue weighted by Gasteiger charge is -2.34. The first-order chi connectivity index (χ1) is 7.79. The molecular weight excluding hydrogens is 206 g/mol. The third-order valence-electron chi connectivity index (χ3n) is 3.01. The number of amides is 1. The molecule has 0 aromatic carbocycles. The van der Waals surface area contributed by atoms with E-state index in [0.717, 1.165) is 45.4 Å². The second-order valence-electron chi connectivity index (χ2n) is 4.15. The second kappa shape index (κ2) is 7.60. The van der Waals surface area contributed by atoms with E-state index in [0.29, 0.717) is 0 Å². The van der Waals surface area contributed by atoms with Gasteiger partial charge in [-0.05, 0) is 25.8 Å². The van der Waals surface area contributed by atoms with E-state index in [9.17, 15) is 4.79 Å². The van der Waals surface area contributed by atoms with Crippen molar-refractivity contribution in [1.29, 1.82) is 0 Å². The van der Waals surface area contributed by atoms with Crippen molar-refractivity contribution in [3.8, 4) is 0 Å². The molecule has 0 aromatic rings. The van der Waals surface area contributed by atoms with Crippen LogP contribution in [-0.4, -0.2) is 61.8 Å². The molecule has 5 heteroatoms. The van der Waals surface area contributed by atoms with Gasteiger partial charge < -0.3 is 15.7 Å². The lowest BCUT2D eigenvalue weighted by atomic mass is 10.1. The zero-order chi connectivity index (χ0) is 11.8. The molecule has 0 spiro atoms. The number of aliphatic hydroxyl groups excluding tert-OH is 1. The highest BCUT2D eigenvalue weighted by Gasteiger charge is 2.26. The monoisotopic (exact) mass is 229 g/mol. The highest BCUT2D eigenvalue weighted by Crippen LogP contribution is 2.06. The second-order valence-corrected chi connectivity index (χ2v) is 4.15. The topological polar surface area (TPSA) is 64.6 Å². The van der Waals surface area contributed by atoms with Crippen LogP contribution in [-0.2, 0) is 4.79 Å². The lowest BCUT2D eigenvalue weighted by molar-refractivity contribution is -0.126. The zero-order valence-corrected chi connectivity index (χ0v) is 10.0. The molecule has 1 fully saturated rings. The molecule has 1 aliphatic heterocycles. The summed E-state index contributed by atoms with van der Waals surface area (Å²) in [5, 5.41) is 14.6.